The Morgan fingerprint density at radius 1 is 1.60 bits per heavy atom. The molecule has 10 heavy (non-hydrogen) atoms. The summed E-state index contributed by atoms with van der Waals surface area (Å²) in [5, 5.41) is 7.86. The molecule has 0 atom stereocenters. The highest BCUT2D eigenvalue weighted by Crippen LogP contribution is 2.15. The summed E-state index contributed by atoms with van der Waals surface area (Å²) in [5.74, 6) is -0.713. The first-order valence-electron chi connectivity index (χ1n) is 2.23. The molecule has 0 saturated carbocycles. The van der Waals surface area contributed by atoms with Gasteiger partial charge in [0, 0.05) is 0 Å². The SMILES string of the molecule is N#CCC(N)=NC(F)(F)F. The van der Waals surface area contributed by atoms with Crippen LogP contribution in [0.2, 0.25) is 0 Å². The van der Waals surface area contributed by atoms with Crippen LogP contribution in [0.5, 0.6) is 0 Å². The lowest BCUT2D eigenvalue weighted by Gasteiger charge is -1.97. The smallest absolute Gasteiger partial charge is 0.386 e. The van der Waals surface area contributed by atoms with Crippen LogP contribution in [0.3, 0.4) is 0 Å². The van der Waals surface area contributed by atoms with Crippen molar-refractivity contribution in [2.45, 2.75) is 12.7 Å². The molecule has 6 heteroatoms. The number of aliphatic imine (C=N–C) groups is 1. The average molecular weight is 151 g/mol. The van der Waals surface area contributed by atoms with E-state index in [4.69, 9.17) is 5.26 Å². The summed E-state index contributed by atoms with van der Waals surface area (Å²) in [6.45, 7) is 0. The number of hydrogen-bond acceptors (Lipinski definition) is 2. The van der Waals surface area contributed by atoms with E-state index in [0.29, 0.717) is 0 Å². The van der Waals surface area contributed by atoms with E-state index in [9.17, 15) is 13.2 Å². The Balaban J connectivity index is 4.06. The van der Waals surface area contributed by atoms with Crippen LogP contribution >= 0.6 is 0 Å². The van der Waals surface area contributed by atoms with Crippen LogP contribution in [0.25, 0.3) is 0 Å². The number of hydrogen-bond donors (Lipinski definition) is 1. The molecule has 0 heterocycles. The fourth-order valence-electron chi connectivity index (χ4n) is 0.283. The van der Waals surface area contributed by atoms with Crippen LogP contribution in [-0.4, -0.2) is 12.1 Å². The van der Waals surface area contributed by atoms with Crippen molar-refractivity contribution in [1.29, 1.82) is 5.26 Å². The van der Waals surface area contributed by atoms with E-state index in [-0.39, 0.29) is 0 Å². The van der Waals surface area contributed by atoms with Crippen molar-refractivity contribution < 1.29 is 13.2 Å². The van der Waals surface area contributed by atoms with Crippen LogP contribution < -0.4 is 5.73 Å². The molecule has 0 aromatic carbocycles. The van der Waals surface area contributed by atoms with Gasteiger partial charge in [0.25, 0.3) is 0 Å². The van der Waals surface area contributed by atoms with Crippen LogP contribution in [0.4, 0.5) is 13.2 Å². The zero-order valence-corrected chi connectivity index (χ0v) is 4.81. The Labute approximate surface area is 55.0 Å². The van der Waals surface area contributed by atoms with Gasteiger partial charge in [-0.05, 0) is 0 Å². The third-order valence-electron chi connectivity index (χ3n) is 0.531. The topological polar surface area (TPSA) is 62.2 Å². The lowest BCUT2D eigenvalue weighted by atomic mass is 10.4. The van der Waals surface area contributed by atoms with E-state index in [2.05, 4.69) is 10.7 Å². The predicted molar refractivity (Wildman–Crippen MR) is 27.9 cm³/mol. The van der Waals surface area contributed by atoms with Gasteiger partial charge in [0.2, 0.25) is 0 Å². The lowest BCUT2D eigenvalue weighted by Crippen LogP contribution is -2.16. The minimum absolute atomic E-state index is 0.500. The molecule has 0 aromatic heterocycles. The molecule has 0 aliphatic heterocycles. The van der Waals surface area contributed by atoms with Gasteiger partial charge in [-0.25, -0.2) is 0 Å². The molecule has 0 radical (unpaired) electrons. The third-order valence-corrected chi connectivity index (χ3v) is 0.531. The first-order valence-corrected chi connectivity index (χ1v) is 2.23. The highest BCUT2D eigenvalue weighted by Gasteiger charge is 2.26. The number of alkyl halides is 3. The highest BCUT2D eigenvalue weighted by atomic mass is 19.4. The van der Waals surface area contributed by atoms with E-state index in [0.717, 1.165) is 0 Å². The Kier molecular flexibility index (Phi) is 2.67. The first-order chi connectivity index (χ1) is 4.45. The quantitative estimate of drug-likeness (QED) is 0.342. The van der Waals surface area contributed by atoms with Gasteiger partial charge in [-0.15, -0.1) is 13.2 Å². The van der Waals surface area contributed by atoms with Crippen LogP contribution in [0.15, 0.2) is 4.99 Å². The molecule has 2 N–H and O–H groups in total. The van der Waals surface area contributed by atoms with Crippen molar-refractivity contribution in [3.8, 4) is 6.07 Å². The van der Waals surface area contributed by atoms with Crippen molar-refractivity contribution in [1.82, 2.24) is 0 Å². The number of rotatable bonds is 1. The van der Waals surface area contributed by atoms with E-state index < -0.39 is 18.6 Å². The third kappa shape index (κ3) is 4.90. The predicted octanol–water partition coefficient (Wildman–Crippen LogP) is 0.777. The van der Waals surface area contributed by atoms with E-state index in [1.807, 2.05) is 0 Å². The van der Waals surface area contributed by atoms with Crippen molar-refractivity contribution in [2.24, 2.45) is 10.7 Å². The summed E-state index contributed by atoms with van der Waals surface area (Å²) in [4.78, 5) is 2.07. The first kappa shape index (κ1) is 8.75. The zero-order chi connectivity index (χ0) is 8.20. The maximum atomic E-state index is 11.3. The van der Waals surface area contributed by atoms with Crippen molar-refractivity contribution in [3.63, 3.8) is 0 Å². The standard InChI is InChI=1S/C4H4F3N3/c5-4(6,7)10-3(9)1-2-8/h1H2,(H2,9,10). The highest BCUT2D eigenvalue weighted by molar-refractivity contribution is 5.82. The monoisotopic (exact) mass is 151 g/mol. The van der Waals surface area contributed by atoms with Gasteiger partial charge < -0.3 is 5.73 Å². The molecule has 0 bridgehead atoms. The van der Waals surface area contributed by atoms with Crippen molar-refractivity contribution >= 4 is 5.84 Å². The molecule has 0 rings (SSSR count). The Hall–Kier alpha value is -1.25. The summed E-state index contributed by atoms with van der Waals surface area (Å²) in [6.07, 6.45) is -5.17. The minimum Gasteiger partial charge on any atom is -0.386 e. The lowest BCUT2D eigenvalue weighted by molar-refractivity contribution is -0.119. The Morgan fingerprint density at radius 2 is 2.10 bits per heavy atom. The van der Waals surface area contributed by atoms with Gasteiger partial charge in [-0.2, -0.15) is 10.3 Å². The van der Waals surface area contributed by atoms with Gasteiger partial charge >= 0.3 is 6.30 Å². The number of nitrogens with zero attached hydrogens (tertiary/aromatic N) is 2. The minimum atomic E-state index is -4.67. The number of amidine groups is 1. The van der Waals surface area contributed by atoms with E-state index in [1.165, 1.54) is 6.07 Å². The maximum absolute atomic E-state index is 11.3. The van der Waals surface area contributed by atoms with Gasteiger partial charge in [0.05, 0.1) is 12.5 Å². The molecule has 3 nitrogen and oxygen atoms in total. The Morgan fingerprint density at radius 3 is 2.40 bits per heavy atom. The van der Waals surface area contributed by atoms with E-state index >= 15 is 0 Å². The fraction of sp³-hybridized carbons (Fsp3) is 0.500. The molecule has 0 aromatic rings. The largest absolute Gasteiger partial charge is 0.504 e. The fourth-order valence-corrected chi connectivity index (χ4v) is 0.283. The zero-order valence-electron chi connectivity index (χ0n) is 4.81. The van der Waals surface area contributed by atoms with Crippen LogP contribution in [0.1, 0.15) is 6.42 Å². The summed E-state index contributed by atoms with van der Waals surface area (Å²) >= 11 is 0. The van der Waals surface area contributed by atoms with Gasteiger partial charge in [-0.1, -0.05) is 0 Å². The molecule has 0 spiro atoms. The van der Waals surface area contributed by atoms with Gasteiger partial charge in [-0.3, -0.25) is 0 Å². The summed E-state index contributed by atoms with van der Waals surface area (Å²) in [6, 6.07) is 1.43. The normalized spacial score (nSPS) is 12.8. The molecule has 0 aliphatic rings. The molecular formula is C4H4F3N3. The molecule has 0 saturated heterocycles. The second-order valence-corrected chi connectivity index (χ2v) is 1.41. The molecule has 56 valence electrons. The molecular weight excluding hydrogens is 147 g/mol. The summed E-state index contributed by atoms with van der Waals surface area (Å²) in [7, 11) is 0. The second kappa shape index (κ2) is 3.06. The summed E-state index contributed by atoms with van der Waals surface area (Å²) in [5.41, 5.74) is 4.68. The average Bonchev–Trinajstić information content (AvgIpc) is 1.59. The molecule has 0 unspecified atom stereocenters. The number of nitrogens with two attached hydrogens (primary N) is 1. The van der Waals surface area contributed by atoms with Crippen molar-refractivity contribution in [2.75, 3.05) is 0 Å². The van der Waals surface area contributed by atoms with E-state index in [1.54, 1.807) is 0 Å². The molecule has 0 amide bonds. The Bertz CT molecular complexity index is 175. The number of halogens is 3. The molecule has 0 fully saturated rings. The van der Waals surface area contributed by atoms with Crippen LogP contribution in [0, 0.1) is 11.3 Å². The van der Waals surface area contributed by atoms with Crippen LogP contribution in [-0.2, 0) is 0 Å². The summed E-state index contributed by atoms with van der Waals surface area (Å²) < 4.78 is 33.8. The van der Waals surface area contributed by atoms with Crippen molar-refractivity contribution in [3.05, 3.63) is 0 Å². The van der Waals surface area contributed by atoms with Gasteiger partial charge in [0.1, 0.15) is 5.84 Å². The second-order valence-electron chi connectivity index (χ2n) is 1.41. The number of nitriles is 1. The maximum Gasteiger partial charge on any atom is 0.504 e. The van der Waals surface area contributed by atoms with Gasteiger partial charge in [0.15, 0.2) is 0 Å². The molecule has 0 aliphatic carbocycles.